The third-order valence-corrected chi connectivity index (χ3v) is 3.91. The van der Waals surface area contributed by atoms with Gasteiger partial charge in [0.15, 0.2) is 0 Å². The summed E-state index contributed by atoms with van der Waals surface area (Å²) in [4.78, 5) is 0. The van der Waals surface area contributed by atoms with E-state index in [0.29, 0.717) is 5.70 Å². The van der Waals surface area contributed by atoms with Crippen molar-refractivity contribution in [1.82, 2.24) is 0 Å². The largest absolute Gasteiger partial charge is 0.353 e. The highest BCUT2D eigenvalue weighted by Crippen LogP contribution is 2.23. The summed E-state index contributed by atoms with van der Waals surface area (Å²) in [7, 11) is 0. The van der Waals surface area contributed by atoms with Gasteiger partial charge in [0.1, 0.15) is 5.83 Å². The van der Waals surface area contributed by atoms with Gasteiger partial charge in [-0.2, -0.15) is 0 Å². The molecule has 0 amide bonds. The Morgan fingerprint density at radius 1 is 1.08 bits per heavy atom. The predicted molar refractivity (Wildman–Crippen MR) is 102 cm³/mol. The molecule has 0 radical (unpaired) electrons. The highest BCUT2D eigenvalue weighted by atomic mass is 19.1. The lowest BCUT2D eigenvalue weighted by Crippen LogP contribution is -2.03. The van der Waals surface area contributed by atoms with E-state index in [1.54, 1.807) is 19.1 Å². The number of hydrogen-bond donors (Lipinski definition) is 1. The fourth-order valence-electron chi connectivity index (χ4n) is 2.49. The van der Waals surface area contributed by atoms with Gasteiger partial charge in [-0.05, 0) is 61.6 Å². The van der Waals surface area contributed by atoms with Crippen LogP contribution >= 0.6 is 0 Å². The third kappa shape index (κ3) is 4.95. The maximum Gasteiger partial charge on any atom is 0.142 e. The monoisotopic (exact) mass is 321 g/mol. The van der Waals surface area contributed by atoms with Crippen LogP contribution in [0.15, 0.2) is 84.9 Å². The number of rotatable bonds is 7. The molecule has 0 aliphatic heterocycles. The van der Waals surface area contributed by atoms with Crippen molar-refractivity contribution in [3.8, 4) is 0 Å². The lowest BCUT2D eigenvalue weighted by Gasteiger charge is -2.13. The second kappa shape index (κ2) is 8.88. The lowest BCUT2D eigenvalue weighted by atomic mass is 10.0. The summed E-state index contributed by atoms with van der Waals surface area (Å²) >= 11 is 0. The van der Waals surface area contributed by atoms with Crippen LogP contribution in [0.3, 0.4) is 0 Å². The van der Waals surface area contributed by atoms with E-state index in [1.807, 2.05) is 13.0 Å². The Morgan fingerprint density at radius 2 is 1.79 bits per heavy atom. The Labute approximate surface area is 144 Å². The van der Waals surface area contributed by atoms with E-state index >= 15 is 0 Å². The topological polar surface area (TPSA) is 12.0 Å². The Morgan fingerprint density at radius 3 is 2.46 bits per heavy atom. The number of hydrogen-bond acceptors (Lipinski definition) is 1. The zero-order chi connectivity index (χ0) is 17.4. The smallest absolute Gasteiger partial charge is 0.142 e. The normalized spacial score (nSPS) is 12.1. The van der Waals surface area contributed by atoms with Crippen LogP contribution in [0, 0.1) is 6.92 Å². The fraction of sp³-hybridized carbons (Fsp3) is 0.182. The first-order valence-electron chi connectivity index (χ1n) is 8.19. The van der Waals surface area contributed by atoms with Crippen LogP contribution in [-0.2, 0) is 12.8 Å². The summed E-state index contributed by atoms with van der Waals surface area (Å²) in [6, 6.07) is 16.7. The minimum atomic E-state index is -0.288. The second-order valence-electron chi connectivity index (χ2n) is 5.71. The van der Waals surface area contributed by atoms with Gasteiger partial charge in [-0.3, -0.25) is 0 Å². The average Bonchev–Trinajstić information content (AvgIpc) is 2.62. The maximum atomic E-state index is 14.0. The highest BCUT2D eigenvalue weighted by molar-refractivity contribution is 5.59. The van der Waals surface area contributed by atoms with E-state index in [-0.39, 0.29) is 5.83 Å². The summed E-state index contributed by atoms with van der Waals surface area (Å²) in [5.41, 5.74) is 4.98. The quantitative estimate of drug-likeness (QED) is 0.604. The molecule has 0 bridgehead atoms. The average molecular weight is 321 g/mol. The minimum Gasteiger partial charge on any atom is -0.353 e. The van der Waals surface area contributed by atoms with Crippen LogP contribution < -0.4 is 5.32 Å². The molecule has 2 aromatic rings. The Balaban J connectivity index is 2.16. The van der Waals surface area contributed by atoms with Gasteiger partial charge >= 0.3 is 0 Å². The van der Waals surface area contributed by atoms with Crippen LogP contribution in [0.1, 0.15) is 23.6 Å². The van der Waals surface area contributed by atoms with Crippen molar-refractivity contribution in [1.29, 1.82) is 0 Å². The van der Waals surface area contributed by atoms with Crippen molar-refractivity contribution in [3.05, 3.63) is 102 Å². The van der Waals surface area contributed by atoms with E-state index in [9.17, 15) is 4.39 Å². The standard InChI is InChI=1S/C22H24FN/c1-4-9-21(20(23)5-2)24-22-16-19(13-12-17(22)3)15-14-18-10-7-6-8-11-18/h4-13,16,24H,1,14-15H2,2-3H3/b20-5+,21-9+. The summed E-state index contributed by atoms with van der Waals surface area (Å²) in [6.45, 7) is 7.35. The van der Waals surface area contributed by atoms with Crippen molar-refractivity contribution in [3.63, 3.8) is 0 Å². The van der Waals surface area contributed by atoms with Gasteiger partial charge < -0.3 is 5.32 Å². The van der Waals surface area contributed by atoms with Gasteiger partial charge in [0.2, 0.25) is 0 Å². The Bertz CT molecular complexity index is 742. The molecule has 0 fully saturated rings. The number of allylic oxidation sites excluding steroid dienone is 4. The summed E-state index contributed by atoms with van der Waals surface area (Å²) in [5.74, 6) is -0.288. The first-order valence-corrected chi connectivity index (χ1v) is 8.19. The van der Waals surface area contributed by atoms with Crippen molar-refractivity contribution in [2.75, 3.05) is 5.32 Å². The summed E-state index contributed by atoms with van der Waals surface area (Å²) < 4.78 is 14.0. The molecule has 0 aromatic heterocycles. The predicted octanol–water partition coefficient (Wildman–Crippen LogP) is 6.14. The van der Waals surface area contributed by atoms with Gasteiger partial charge in [0, 0.05) is 5.69 Å². The zero-order valence-electron chi connectivity index (χ0n) is 14.4. The number of benzene rings is 2. The molecule has 1 N–H and O–H groups in total. The Hall–Kier alpha value is -2.61. The fourth-order valence-corrected chi connectivity index (χ4v) is 2.49. The molecule has 1 nitrogen and oxygen atoms in total. The molecule has 2 rings (SSSR count). The van der Waals surface area contributed by atoms with Crippen molar-refractivity contribution in [2.45, 2.75) is 26.7 Å². The maximum absolute atomic E-state index is 14.0. The molecule has 0 saturated carbocycles. The van der Waals surface area contributed by atoms with E-state index in [0.717, 1.165) is 24.1 Å². The third-order valence-electron chi connectivity index (χ3n) is 3.91. The number of aryl methyl sites for hydroxylation is 3. The van der Waals surface area contributed by atoms with Crippen LogP contribution in [0.25, 0.3) is 0 Å². The van der Waals surface area contributed by atoms with Crippen LogP contribution in [-0.4, -0.2) is 0 Å². The van der Waals surface area contributed by atoms with Crippen molar-refractivity contribution < 1.29 is 4.39 Å². The number of nitrogens with one attached hydrogen (secondary N) is 1. The van der Waals surface area contributed by atoms with Gasteiger partial charge in [-0.25, -0.2) is 4.39 Å². The van der Waals surface area contributed by atoms with Crippen LogP contribution in [0.2, 0.25) is 0 Å². The van der Waals surface area contributed by atoms with Gasteiger partial charge in [-0.1, -0.05) is 55.1 Å². The molecular formula is C22H24FN. The van der Waals surface area contributed by atoms with Crippen LogP contribution in [0.5, 0.6) is 0 Å². The summed E-state index contributed by atoms with van der Waals surface area (Å²) in [6.07, 6.45) is 6.61. The number of halogens is 1. The SMILES string of the molecule is C=C/C=C(Nc1cc(CCc2ccccc2)ccc1C)\C(F)=C/C. The molecule has 0 aliphatic carbocycles. The van der Waals surface area contributed by atoms with Gasteiger partial charge in [0.05, 0.1) is 5.70 Å². The van der Waals surface area contributed by atoms with E-state index in [4.69, 9.17) is 0 Å². The Kier molecular flexibility index (Phi) is 6.56. The van der Waals surface area contributed by atoms with E-state index < -0.39 is 0 Å². The molecule has 0 atom stereocenters. The van der Waals surface area contributed by atoms with Crippen molar-refractivity contribution >= 4 is 5.69 Å². The molecule has 124 valence electrons. The minimum absolute atomic E-state index is 0.288. The molecule has 0 unspecified atom stereocenters. The van der Waals surface area contributed by atoms with E-state index in [1.165, 1.54) is 17.2 Å². The lowest BCUT2D eigenvalue weighted by molar-refractivity contribution is 0.651. The van der Waals surface area contributed by atoms with Crippen LogP contribution in [0.4, 0.5) is 10.1 Å². The molecule has 2 heteroatoms. The number of anilines is 1. The molecule has 0 heterocycles. The van der Waals surface area contributed by atoms with Gasteiger partial charge in [-0.15, -0.1) is 0 Å². The summed E-state index contributed by atoms with van der Waals surface area (Å²) in [5, 5.41) is 3.18. The molecule has 24 heavy (non-hydrogen) atoms. The van der Waals surface area contributed by atoms with E-state index in [2.05, 4.69) is 54.4 Å². The van der Waals surface area contributed by atoms with Gasteiger partial charge in [0.25, 0.3) is 0 Å². The first kappa shape index (κ1) is 17.7. The van der Waals surface area contributed by atoms with Crippen molar-refractivity contribution in [2.24, 2.45) is 0 Å². The molecular weight excluding hydrogens is 297 g/mol. The highest BCUT2D eigenvalue weighted by Gasteiger charge is 2.07. The second-order valence-corrected chi connectivity index (χ2v) is 5.71. The molecule has 2 aromatic carbocycles. The zero-order valence-corrected chi connectivity index (χ0v) is 14.4. The molecule has 0 aliphatic rings. The molecule has 0 spiro atoms. The first-order chi connectivity index (χ1) is 11.6. The molecule has 0 saturated heterocycles.